The van der Waals surface area contributed by atoms with Crippen LogP contribution in [0.5, 0.6) is 0 Å². The van der Waals surface area contributed by atoms with Crippen LogP contribution >= 0.6 is 0 Å². The molecule has 2 rings (SSSR count). The third kappa shape index (κ3) is 2.09. The summed E-state index contributed by atoms with van der Waals surface area (Å²) < 4.78 is 6.91. The Morgan fingerprint density at radius 1 is 1.69 bits per heavy atom. The number of carboxylic acid groups (broad SMARTS) is 1. The quantitative estimate of drug-likeness (QED) is 0.787. The average molecular weight is 224 g/mol. The number of rotatable bonds is 6. The molecule has 1 aromatic heterocycles. The van der Waals surface area contributed by atoms with E-state index in [1.165, 1.54) is 7.11 Å². The Bertz CT molecular complexity index is 357. The third-order valence-electron chi connectivity index (χ3n) is 3.31. The predicted molar refractivity (Wildman–Crippen MR) is 56.9 cm³/mol. The Kier molecular flexibility index (Phi) is 2.96. The molecule has 0 aromatic carbocycles. The lowest BCUT2D eigenvalue weighted by Crippen LogP contribution is -2.33. The van der Waals surface area contributed by atoms with Crippen molar-refractivity contribution in [2.24, 2.45) is 5.41 Å². The van der Waals surface area contributed by atoms with Gasteiger partial charge in [0.2, 0.25) is 0 Å². The molecule has 0 spiro atoms. The summed E-state index contributed by atoms with van der Waals surface area (Å²) in [7, 11) is 1.47. The number of nitrogens with zero attached hydrogens (tertiary/aromatic N) is 2. The van der Waals surface area contributed by atoms with Crippen LogP contribution in [0.2, 0.25) is 0 Å². The summed E-state index contributed by atoms with van der Waals surface area (Å²) in [5.74, 6) is -0.861. The Hall–Kier alpha value is -1.36. The monoisotopic (exact) mass is 224 g/mol. The van der Waals surface area contributed by atoms with Gasteiger partial charge in [-0.1, -0.05) is 0 Å². The van der Waals surface area contributed by atoms with E-state index in [9.17, 15) is 4.79 Å². The number of hydrogen-bond donors (Lipinski definition) is 1. The molecule has 1 heterocycles. The number of hydrogen-bond acceptors (Lipinski definition) is 3. The molecule has 0 saturated heterocycles. The molecule has 1 aliphatic carbocycles. The molecule has 1 N–H and O–H groups in total. The number of aryl methyl sites for hydroxylation is 1. The Morgan fingerprint density at radius 2 is 2.44 bits per heavy atom. The molecule has 1 fully saturated rings. The van der Waals surface area contributed by atoms with Crippen LogP contribution in [0.1, 0.15) is 19.3 Å². The summed E-state index contributed by atoms with van der Waals surface area (Å²) in [6, 6.07) is 1.87. The molecule has 0 radical (unpaired) electrons. The van der Waals surface area contributed by atoms with E-state index in [4.69, 9.17) is 9.84 Å². The second kappa shape index (κ2) is 4.25. The van der Waals surface area contributed by atoms with Crippen molar-refractivity contribution in [2.75, 3.05) is 7.11 Å². The predicted octanol–water partition coefficient (Wildman–Crippen LogP) is 1.15. The van der Waals surface area contributed by atoms with Crippen molar-refractivity contribution in [3.8, 4) is 0 Å². The van der Waals surface area contributed by atoms with E-state index in [2.05, 4.69) is 5.10 Å². The SMILES string of the molecule is COC(C(=O)O)C1(CCn2cccn2)CC1. The number of methoxy groups -OCH3 is 1. The summed E-state index contributed by atoms with van der Waals surface area (Å²) in [4.78, 5) is 11.0. The Balaban J connectivity index is 1.95. The fourth-order valence-electron chi connectivity index (χ4n) is 2.19. The maximum atomic E-state index is 11.0. The van der Waals surface area contributed by atoms with Gasteiger partial charge in [0, 0.05) is 31.5 Å². The summed E-state index contributed by atoms with van der Waals surface area (Å²) >= 11 is 0. The molecule has 16 heavy (non-hydrogen) atoms. The largest absolute Gasteiger partial charge is 0.479 e. The molecule has 1 aromatic rings. The molecule has 0 aliphatic heterocycles. The van der Waals surface area contributed by atoms with E-state index in [1.54, 1.807) is 6.20 Å². The van der Waals surface area contributed by atoms with Crippen LogP contribution in [0.3, 0.4) is 0 Å². The highest BCUT2D eigenvalue weighted by Gasteiger charge is 2.52. The van der Waals surface area contributed by atoms with Gasteiger partial charge in [-0.05, 0) is 25.3 Å². The second-order valence-corrected chi connectivity index (χ2v) is 4.34. The van der Waals surface area contributed by atoms with Crippen LogP contribution in [0.15, 0.2) is 18.5 Å². The number of carboxylic acids is 1. The van der Waals surface area contributed by atoms with E-state index in [-0.39, 0.29) is 5.41 Å². The Labute approximate surface area is 94.0 Å². The maximum absolute atomic E-state index is 11.0. The lowest BCUT2D eigenvalue weighted by atomic mass is 9.95. The van der Waals surface area contributed by atoms with Gasteiger partial charge < -0.3 is 9.84 Å². The van der Waals surface area contributed by atoms with Crippen molar-refractivity contribution in [2.45, 2.75) is 31.9 Å². The number of ether oxygens (including phenoxy) is 1. The van der Waals surface area contributed by atoms with Gasteiger partial charge in [0.1, 0.15) is 0 Å². The Morgan fingerprint density at radius 3 is 2.88 bits per heavy atom. The summed E-state index contributed by atoms with van der Waals surface area (Å²) in [5.41, 5.74) is -0.174. The van der Waals surface area contributed by atoms with E-state index >= 15 is 0 Å². The molecule has 1 atom stereocenters. The highest BCUT2D eigenvalue weighted by molar-refractivity contribution is 5.74. The molecule has 1 unspecified atom stereocenters. The molecular weight excluding hydrogens is 208 g/mol. The highest BCUT2D eigenvalue weighted by Crippen LogP contribution is 2.53. The van der Waals surface area contributed by atoms with Crippen molar-refractivity contribution in [1.29, 1.82) is 0 Å². The fourth-order valence-corrected chi connectivity index (χ4v) is 2.19. The summed E-state index contributed by atoms with van der Waals surface area (Å²) in [6.45, 7) is 0.750. The molecule has 5 heteroatoms. The minimum absolute atomic E-state index is 0.174. The zero-order chi connectivity index (χ0) is 11.6. The average Bonchev–Trinajstić information content (AvgIpc) is 2.84. The van der Waals surface area contributed by atoms with E-state index < -0.39 is 12.1 Å². The first-order valence-corrected chi connectivity index (χ1v) is 5.41. The van der Waals surface area contributed by atoms with Crippen LogP contribution in [0, 0.1) is 5.41 Å². The number of aromatic nitrogens is 2. The molecular formula is C11H16N2O3. The van der Waals surface area contributed by atoms with Crippen LogP contribution in [-0.4, -0.2) is 34.1 Å². The third-order valence-corrected chi connectivity index (χ3v) is 3.31. The standard InChI is InChI=1S/C11H16N2O3/c1-16-9(10(14)15)11(3-4-11)5-8-13-7-2-6-12-13/h2,6-7,9H,3-5,8H2,1H3,(H,14,15). The highest BCUT2D eigenvalue weighted by atomic mass is 16.5. The lowest BCUT2D eigenvalue weighted by Gasteiger charge is -2.21. The molecule has 88 valence electrons. The van der Waals surface area contributed by atoms with Crippen molar-refractivity contribution in [1.82, 2.24) is 9.78 Å². The van der Waals surface area contributed by atoms with E-state index in [1.807, 2.05) is 16.9 Å². The summed E-state index contributed by atoms with van der Waals surface area (Å²) in [5, 5.41) is 13.2. The van der Waals surface area contributed by atoms with Gasteiger partial charge in [-0.15, -0.1) is 0 Å². The minimum Gasteiger partial charge on any atom is -0.479 e. The second-order valence-electron chi connectivity index (χ2n) is 4.34. The van der Waals surface area contributed by atoms with Gasteiger partial charge in [-0.3, -0.25) is 4.68 Å². The number of carbonyl (C=O) groups is 1. The van der Waals surface area contributed by atoms with E-state index in [0.29, 0.717) is 0 Å². The molecule has 0 bridgehead atoms. The zero-order valence-electron chi connectivity index (χ0n) is 9.30. The fraction of sp³-hybridized carbons (Fsp3) is 0.636. The minimum atomic E-state index is -0.861. The van der Waals surface area contributed by atoms with Crippen LogP contribution in [0.4, 0.5) is 0 Å². The smallest absolute Gasteiger partial charge is 0.333 e. The zero-order valence-corrected chi connectivity index (χ0v) is 9.30. The van der Waals surface area contributed by atoms with Crippen molar-refractivity contribution >= 4 is 5.97 Å². The van der Waals surface area contributed by atoms with Crippen molar-refractivity contribution in [3.05, 3.63) is 18.5 Å². The van der Waals surface area contributed by atoms with Gasteiger partial charge in [0.05, 0.1) is 0 Å². The first-order valence-electron chi connectivity index (χ1n) is 5.41. The van der Waals surface area contributed by atoms with E-state index in [0.717, 1.165) is 25.8 Å². The van der Waals surface area contributed by atoms with Gasteiger partial charge in [-0.25, -0.2) is 4.79 Å². The first-order chi connectivity index (χ1) is 7.68. The molecule has 5 nitrogen and oxygen atoms in total. The number of aliphatic carboxylic acids is 1. The van der Waals surface area contributed by atoms with Gasteiger partial charge in [0.25, 0.3) is 0 Å². The maximum Gasteiger partial charge on any atom is 0.333 e. The van der Waals surface area contributed by atoms with Gasteiger partial charge >= 0.3 is 5.97 Å². The lowest BCUT2D eigenvalue weighted by molar-refractivity contribution is -0.153. The van der Waals surface area contributed by atoms with Gasteiger partial charge in [-0.2, -0.15) is 5.10 Å². The van der Waals surface area contributed by atoms with Crippen molar-refractivity contribution < 1.29 is 14.6 Å². The first kappa shape index (κ1) is 11.1. The van der Waals surface area contributed by atoms with Crippen LogP contribution in [0.25, 0.3) is 0 Å². The van der Waals surface area contributed by atoms with Gasteiger partial charge in [0.15, 0.2) is 6.10 Å². The normalized spacial score (nSPS) is 19.3. The van der Waals surface area contributed by atoms with Crippen LogP contribution < -0.4 is 0 Å². The molecule has 1 saturated carbocycles. The van der Waals surface area contributed by atoms with Crippen molar-refractivity contribution in [3.63, 3.8) is 0 Å². The molecule has 0 amide bonds. The summed E-state index contributed by atoms with van der Waals surface area (Å²) in [6.07, 6.45) is 5.60. The van der Waals surface area contributed by atoms with Crippen LogP contribution in [-0.2, 0) is 16.1 Å². The topological polar surface area (TPSA) is 64.3 Å². The molecule has 1 aliphatic rings.